The first-order valence-electron chi connectivity index (χ1n) is 6.22. The zero-order valence-corrected chi connectivity index (χ0v) is 12.7. The number of hydrogen-bond donors (Lipinski definition) is 1. The van der Waals surface area contributed by atoms with Crippen LogP contribution in [0.25, 0.3) is 11.0 Å². The number of rotatable bonds is 5. The highest BCUT2D eigenvalue weighted by Crippen LogP contribution is 2.22. The van der Waals surface area contributed by atoms with Crippen LogP contribution < -0.4 is 5.32 Å². The summed E-state index contributed by atoms with van der Waals surface area (Å²) < 4.78 is 13.6. The fraction of sp³-hybridized carbons (Fsp3) is 0.250. The molecule has 0 saturated heterocycles. The van der Waals surface area contributed by atoms with Crippen molar-refractivity contribution in [1.29, 1.82) is 0 Å². The zero-order chi connectivity index (χ0) is 14.7. The molecule has 7 nitrogen and oxygen atoms in total. The van der Waals surface area contributed by atoms with E-state index in [4.69, 9.17) is 4.42 Å². The summed E-state index contributed by atoms with van der Waals surface area (Å²) >= 11 is 2.33. The van der Waals surface area contributed by atoms with Gasteiger partial charge in [-0.3, -0.25) is 4.79 Å². The first-order valence-corrected chi connectivity index (χ1v) is 7.94. The topological polar surface area (TPSA) is 93.8 Å². The summed E-state index contributed by atoms with van der Waals surface area (Å²) in [5.74, 6) is 0.604. The second kappa shape index (κ2) is 6.19. The van der Waals surface area contributed by atoms with Gasteiger partial charge in [0, 0.05) is 6.42 Å². The molecular formula is C12H11N5O2S2. The first kappa shape index (κ1) is 14.0. The summed E-state index contributed by atoms with van der Waals surface area (Å²) in [7, 11) is 0. The highest BCUT2D eigenvalue weighted by Gasteiger charge is 2.11. The highest BCUT2D eigenvalue weighted by atomic mass is 32.2. The van der Waals surface area contributed by atoms with Crippen molar-refractivity contribution >= 4 is 46.1 Å². The molecule has 1 aromatic carbocycles. The van der Waals surface area contributed by atoms with Crippen molar-refractivity contribution < 1.29 is 9.21 Å². The van der Waals surface area contributed by atoms with E-state index >= 15 is 0 Å². The number of aromatic nitrogens is 4. The smallest absolute Gasteiger partial charge is 0.277 e. The van der Waals surface area contributed by atoms with Crippen molar-refractivity contribution in [3.63, 3.8) is 0 Å². The van der Waals surface area contributed by atoms with E-state index in [1.54, 1.807) is 6.07 Å². The monoisotopic (exact) mass is 321 g/mol. The Labute approximate surface area is 128 Å². The standard InChI is InChI=1S/C12H11N5O2S2/c1-2-10-14-15-12(19-10)20-6-9(18)13-7-4-3-5-8-11(7)17-21-16-8/h3-5H,2,6H2,1H3,(H,13,18). The molecular weight excluding hydrogens is 310 g/mol. The van der Waals surface area contributed by atoms with Gasteiger partial charge in [-0.25, -0.2) is 0 Å². The molecule has 0 aliphatic heterocycles. The quantitative estimate of drug-likeness (QED) is 0.721. The molecule has 0 bridgehead atoms. The molecule has 1 amide bonds. The van der Waals surface area contributed by atoms with Crippen LogP contribution in [-0.2, 0) is 11.2 Å². The van der Waals surface area contributed by atoms with Crippen LogP contribution in [0.15, 0.2) is 27.8 Å². The Hall–Kier alpha value is -2.00. The van der Waals surface area contributed by atoms with Crippen molar-refractivity contribution in [2.45, 2.75) is 18.6 Å². The molecule has 0 aliphatic carbocycles. The van der Waals surface area contributed by atoms with E-state index in [0.717, 1.165) is 17.2 Å². The normalized spacial score (nSPS) is 10.9. The number of anilines is 1. The lowest BCUT2D eigenvalue weighted by Crippen LogP contribution is -2.14. The Bertz CT molecular complexity index is 770. The maximum Gasteiger partial charge on any atom is 0.277 e. The summed E-state index contributed by atoms with van der Waals surface area (Å²) in [6, 6.07) is 5.49. The number of nitrogens with one attached hydrogen (secondary N) is 1. The van der Waals surface area contributed by atoms with Crippen LogP contribution in [0.3, 0.4) is 0 Å². The van der Waals surface area contributed by atoms with Crippen LogP contribution in [0, 0.1) is 0 Å². The molecule has 0 fully saturated rings. The van der Waals surface area contributed by atoms with Crippen LogP contribution in [0.2, 0.25) is 0 Å². The molecule has 0 spiro atoms. The van der Waals surface area contributed by atoms with Gasteiger partial charge in [-0.05, 0) is 12.1 Å². The molecule has 0 atom stereocenters. The fourth-order valence-corrected chi connectivity index (χ4v) is 2.79. The number of thioether (sulfide) groups is 1. The van der Waals surface area contributed by atoms with Crippen molar-refractivity contribution in [3.05, 3.63) is 24.1 Å². The lowest BCUT2D eigenvalue weighted by atomic mass is 10.2. The highest BCUT2D eigenvalue weighted by molar-refractivity contribution is 7.99. The third-order valence-electron chi connectivity index (χ3n) is 2.64. The molecule has 1 N–H and O–H groups in total. The minimum absolute atomic E-state index is 0.156. The number of amides is 1. The van der Waals surface area contributed by atoms with Gasteiger partial charge in [-0.15, -0.1) is 10.2 Å². The van der Waals surface area contributed by atoms with Gasteiger partial charge in [0.25, 0.3) is 5.22 Å². The fourth-order valence-electron chi connectivity index (χ4n) is 1.66. The van der Waals surface area contributed by atoms with Crippen molar-refractivity contribution in [3.8, 4) is 0 Å². The number of aryl methyl sites for hydroxylation is 1. The van der Waals surface area contributed by atoms with Crippen LogP contribution in [0.1, 0.15) is 12.8 Å². The van der Waals surface area contributed by atoms with E-state index in [-0.39, 0.29) is 11.7 Å². The van der Waals surface area contributed by atoms with Gasteiger partial charge in [-0.2, -0.15) is 8.75 Å². The molecule has 0 radical (unpaired) electrons. The summed E-state index contributed by atoms with van der Waals surface area (Å²) in [5.41, 5.74) is 2.13. The predicted octanol–water partition coefficient (Wildman–Crippen LogP) is 2.37. The van der Waals surface area contributed by atoms with Crippen molar-refractivity contribution in [1.82, 2.24) is 18.9 Å². The first-order chi connectivity index (χ1) is 10.3. The Morgan fingerprint density at radius 2 is 2.29 bits per heavy atom. The molecule has 9 heteroatoms. The van der Waals surface area contributed by atoms with Crippen LogP contribution >= 0.6 is 23.5 Å². The maximum atomic E-state index is 12.0. The predicted molar refractivity (Wildman–Crippen MR) is 80.4 cm³/mol. The van der Waals surface area contributed by atoms with Crippen molar-refractivity contribution in [2.24, 2.45) is 0 Å². The largest absolute Gasteiger partial charge is 0.416 e. The minimum Gasteiger partial charge on any atom is -0.416 e. The van der Waals surface area contributed by atoms with Gasteiger partial charge in [0.2, 0.25) is 11.8 Å². The Kier molecular flexibility index (Phi) is 4.11. The summed E-state index contributed by atoms with van der Waals surface area (Å²) in [5, 5.41) is 10.9. The lowest BCUT2D eigenvalue weighted by Gasteiger charge is -2.03. The Morgan fingerprint density at radius 3 is 3.10 bits per heavy atom. The van der Waals surface area contributed by atoms with Crippen LogP contribution in [0.4, 0.5) is 5.69 Å². The van der Waals surface area contributed by atoms with E-state index < -0.39 is 0 Å². The van der Waals surface area contributed by atoms with Gasteiger partial charge in [0.05, 0.1) is 23.2 Å². The maximum absolute atomic E-state index is 12.0. The number of nitrogens with zero attached hydrogens (tertiary/aromatic N) is 4. The molecule has 2 heterocycles. The second-order valence-corrected chi connectivity index (χ2v) is 5.54. The van der Waals surface area contributed by atoms with E-state index in [9.17, 15) is 4.79 Å². The average Bonchev–Trinajstić information content (AvgIpc) is 3.14. The Morgan fingerprint density at radius 1 is 1.38 bits per heavy atom. The molecule has 108 valence electrons. The van der Waals surface area contributed by atoms with Gasteiger partial charge >= 0.3 is 0 Å². The van der Waals surface area contributed by atoms with Crippen molar-refractivity contribution in [2.75, 3.05) is 11.1 Å². The van der Waals surface area contributed by atoms with Crippen LogP contribution in [-0.4, -0.2) is 30.6 Å². The summed E-state index contributed by atoms with van der Waals surface area (Å²) in [6.07, 6.45) is 0.679. The summed E-state index contributed by atoms with van der Waals surface area (Å²) in [6.45, 7) is 1.93. The minimum atomic E-state index is -0.156. The van der Waals surface area contributed by atoms with Gasteiger partial charge in [0.1, 0.15) is 11.0 Å². The van der Waals surface area contributed by atoms with Gasteiger partial charge < -0.3 is 9.73 Å². The third kappa shape index (κ3) is 3.19. The molecule has 3 rings (SSSR count). The van der Waals surface area contributed by atoms with Crippen LogP contribution in [0.5, 0.6) is 0 Å². The average molecular weight is 321 g/mol. The molecule has 2 aromatic heterocycles. The lowest BCUT2D eigenvalue weighted by molar-refractivity contribution is -0.113. The van der Waals surface area contributed by atoms with E-state index in [1.807, 2.05) is 19.1 Å². The van der Waals surface area contributed by atoms with E-state index in [0.29, 0.717) is 28.7 Å². The Balaban J connectivity index is 1.62. The molecule has 0 unspecified atom stereocenters. The molecule has 0 aliphatic rings. The summed E-state index contributed by atoms with van der Waals surface area (Å²) in [4.78, 5) is 12.0. The van der Waals surface area contributed by atoms with Gasteiger partial charge in [-0.1, -0.05) is 24.8 Å². The molecule has 21 heavy (non-hydrogen) atoms. The van der Waals surface area contributed by atoms with E-state index in [2.05, 4.69) is 24.3 Å². The number of carbonyl (C=O) groups is 1. The van der Waals surface area contributed by atoms with E-state index in [1.165, 1.54) is 11.8 Å². The number of hydrogen-bond acceptors (Lipinski definition) is 8. The number of carbonyl (C=O) groups excluding carboxylic acids is 1. The number of benzene rings is 1. The SMILES string of the molecule is CCc1nnc(SCC(=O)Nc2cccc3nsnc23)o1. The molecule has 0 saturated carbocycles. The molecule has 3 aromatic rings. The second-order valence-electron chi connectivity index (χ2n) is 4.09. The number of fused-ring (bicyclic) bond motifs is 1. The zero-order valence-electron chi connectivity index (χ0n) is 11.1. The van der Waals surface area contributed by atoms with Gasteiger partial charge in [0.15, 0.2) is 0 Å². The third-order valence-corrected chi connectivity index (χ3v) is 4.00.